The van der Waals surface area contributed by atoms with Gasteiger partial charge in [-0.2, -0.15) is 13.2 Å². The number of fused-ring (bicyclic) bond motifs is 3. The highest BCUT2D eigenvalue weighted by Gasteiger charge is 2.58. The fourth-order valence-corrected chi connectivity index (χ4v) is 8.98. The maximum absolute atomic E-state index is 14.5. The quantitative estimate of drug-likeness (QED) is 0.297. The van der Waals surface area contributed by atoms with Gasteiger partial charge in [-0.05, 0) is 76.8 Å². The van der Waals surface area contributed by atoms with Crippen molar-refractivity contribution in [1.29, 1.82) is 0 Å². The maximum atomic E-state index is 14.5. The molecule has 4 fully saturated rings. The third-order valence-corrected chi connectivity index (χ3v) is 14.4. The maximum Gasteiger partial charge on any atom is 0.438 e. The highest BCUT2D eigenvalue weighted by Crippen LogP contribution is 2.46. The van der Waals surface area contributed by atoms with Gasteiger partial charge in [-0.3, -0.25) is 19.1 Å². The molecule has 15 nitrogen and oxygen atoms in total. The molecule has 2 aliphatic heterocycles. The summed E-state index contributed by atoms with van der Waals surface area (Å²) in [6.45, 7) is 3.26. The smallest absolute Gasteiger partial charge is 0.438 e. The van der Waals surface area contributed by atoms with Crippen molar-refractivity contribution in [2.75, 3.05) is 20.3 Å². The summed E-state index contributed by atoms with van der Waals surface area (Å²) in [5, 5.41) is 5.45. The highest BCUT2D eigenvalue weighted by atomic mass is 32.2. The van der Waals surface area contributed by atoms with Crippen molar-refractivity contribution in [1.82, 2.24) is 30.2 Å². The summed E-state index contributed by atoms with van der Waals surface area (Å²) in [6, 6.07) is 1.56. The third kappa shape index (κ3) is 8.54. The molecule has 1 saturated heterocycles. The number of alkyl carbamates (subject to hydrolysis) is 1. The van der Waals surface area contributed by atoms with Crippen LogP contribution in [0.5, 0.6) is 11.6 Å². The van der Waals surface area contributed by atoms with Crippen LogP contribution in [0.4, 0.5) is 18.0 Å². The molecule has 3 saturated carbocycles. The normalized spacial score (nSPS) is 28.6. The van der Waals surface area contributed by atoms with Crippen LogP contribution < -0.4 is 24.8 Å². The summed E-state index contributed by atoms with van der Waals surface area (Å²) >= 11 is 0. The van der Waals surface area contributed by atoms with Crippen molar-refractivity contribution >= 4 is 44.9 Å². The average Bonchev–Trinajstić information content (AvgIpc) is 4.06. The van der Waals surface area contributed by atoms with E-state index < -0.39 is 92.5 Å². The number of rotatable bonds is 9. The lowest BCUT2D eigenvalue weighted by Gasteiger charge is -2.47. The Bertz CT molecular complexity index is 2110. The van der Waals surface area contributed by atoms with E-state index in [1.807, 2.05) is 13.0 Å². The summed E-state index contributed by atoms with van der Waals surface area (Å²) in [5.74, 6) is -3.60. The van der Waals surface area contributed by atoms with Gasteiger partial charge in [-0.25, -0.2) is 23.2 Å². The molecule has 0 unspecified atom stereocenters. The molecular weight excluding hydrogens is 786 g/mol. The molecule has 0 spiro atoms. The molecule has 1 aromatic heterocycles. The Kier molecular flexibility index (Phi) is 11.1. The Hall–Kier alpha value is -4.68. The molecule has 3 heterocycles. The van der Waals surface area contributed by atoms with E-state index in [9.17, 15) is 40.8 Å². The number of amides is 4. The Morgan fingerprint density at radius 2 is 1.78 bits per heavy atom. The van der Waals surface area contributed by atoms with Crippen LogP contribution in [0.2, 0.25) is 0 Å². The summed E-state index contributed by atoms with van der Waals surface area (Å²) in [4.78, 5) is 65.2. The second kappa shape index (κ2) is 15.5. The number of ether oxygens (including phenoxy) is 3. The standard InChI is InChI=1S/C39H49F3N6O9S/c1-36(15-16-36)22-56-35(52)45-27-10-8-6-4-5-7-9-23-13-14-38(23,34(51)47-58(53,54)37(2)17-18-37)46-31(49)29-20-25(21-48(29)33(27)50)57-32-30(39(40,41)42)43-26-12-11-24(55-3)19-28(26)44-32/h7,9,11-12,19,23,25,27,29H,4-6,8,10,13-18,20-22H2,1-3H3,(H,45,52)(H,46,49)(H,47,51)/b9-7-/t23-,25-,27+,29+,38-/m1/s1. The second-order valence-corrected chi connectivity index (χ2v) is 19.0. The zero-order chi connectivity index (χ0) is 41.7. The number of aromatic nitrogens is 2. The predicted molar refractivity (Wildman–Crippen MR) is 202 cm³/mol. The van der Waals surface area contributed by atoms with Gasteiger partial charge in [0.2, 0.25) is 33.4 Å². The fourth-order valence-electron chi connectivity index (χ4n) is 7.67. The van der Waals surface area contributed by atoms with E-state index in [0.717, 1.165) is 17.7 Å². The monoisotopic (exact) mass is 834 g/mol. The van der Waals surface area contributed by atoms with Crippen LogP contribution in [0, 0.1) is 11.3 Å². The number of hydrogen-bond donors (Lipinski definition) is 3. The first kappa shape index (κ1) is 41.5. The van der Waals surface area contributed by atoms with Crippen molar-refractivity contribution < 1.29 is 55.0 Å². The van der Waals surface area contributed by atoms with Gasteiger partial charge in [0.05, 0.1) is 36.0 Å². The lowest BCUT2D eigenvalue weighted by molar-refractivity contribution is -0.145. The van der Waals surface area contributed by atoms with Gasteiger partial charge in [-0.1, -0.05) is 31.9 Å². The Morgan fingerprint density at radius 1 is 1.02 bits per heavy atom. The van der Waals surface area contributed by atoms with Crippen LogP contribution in [0.3, 0.4) is 0 Å². The van der Waals surface area contributed by atoms with E-state index in [-0.39, 0.29) is 42.3 Å². The third-order valence-electron chi connectivity index (χ3n) is 12.3. The molecule has 2 aromatic rings. The first-order valence-electron chi connectivity index (χ1n) is 19.7. The van der Waals surface area contributed by atoms with Gasteiger partial charge < -0.3 is 29.7 Å². The van der Waals surface area contributed by atoms with E-state index in [4.69, 9.17) is 14.2 Å². The molecule has 0 radical (unpaired) electrons. The minimum atomic E-state index is -5.00. The largest absolute Gasteiger partial charge is 0.497 e. The van der Waals surface area contributed by atoms with E-state index in [1.54, 1.807) is 6.08 Å². The minimum absolute atomic E-state index is 0.0406. The summed E-state index contributed by atoms with van der Waals surface area (Å²) in [5.41, 5.74) is -3.29. The predicted octanol–water partition coefficient (Wildman–Crippen LogP) is 4.68. The Labute approximate surface area is 334 Å². The molecule has 7 rings (SSSR count). The zero-order valence-corrected chi connectivity index (χ0v) is 33.5. The van der Waals surface area contributed by atoms with Crippen molar-refractivity contribution in [3.05, 3.63) is 36.0 Å². The topological polar surface area (TPSA) is 195 Å². The number of carbonyl (C=O) groups is 4. The molecule has 1 aromatic carbocycles. The molecule has 19 heteroatoms. The number of allylic oxidation sites excluding steroid dienone is 1. The van der Waals surface area contributed by atoms with Gasteiger partial charge in [0, 0.05) is 23.8 Å². The van der Waals surface area contributed by atoms with E-state index >= 15 is 0 Å². The van der Waals surface area contributed by atoms with Gasteiger partial charge in [0.25, 0.3) is 5.91 Å². The number of hydrogen-bond acceptors (Lipinski definition) is 11. The van der Waals surface area contributed by atoms with Gasteiger partial charge in [-0.15, -0.1) is 0 Å². The van der Waals surface area contributed by atoms with Crippen molar-refractivity contribution in [3.63, 3.8) is 0 Å². The average molecular weight is 835 g/mol. The SMILES string of the molecule is COc1ccc2nc(C(F)(F)F)c(O[C@@H]3C[C@H]4C(=O)N[C@]5(C(=O)NS(=O)(=O)C6(C)CC6)CC[C@H]5/C=C\CCCCC[C@H](NC(=O)OCC5(C)CC5)C(=O)N4C3)nc2c1. The Morgan fingerprint density at radius 3 is 2.43 bits per heavy atom. The summed E-state index contributed by atoms with van der Waals surface area (Å²) in [7, 11) is -2.72. The van der Waals surface area contributed by atoms with Crippen LogP contribution in [-0.4, -0.2) is 95.8 Å². The summed E-state index contributed by atoms with van der Waals surface area (Å²) in [6.07, 6.45) is 2.00. The molecule has 4 amide bonds. The van der Waals surface area contributed by atoms with E-state index in [2.05, 4.69) is 25.3 Å². The minimum Gasteiger partial charge on any atom is -0.497 e. The van der Waals surface area contributed by atoms with Crippen molar-refractivity contribution in [3.8, 4) is 11.6 Å². The Balaban J connectivity index is 1.22. The van der Waals surface area contributed by atoms with E-state index in [0.29, 0.717) is 50.7 Å². The van der Waals surface area contributed by atoms with Gasteiger partial charge in [0.1, 0.15) is 29.5 Å². The van der Waals surface area contributed by atoms with Gasteiger partial charge >= 0.3 is 12.3 Å². The molecule has 3 N–H and O–H groups in total. The molecule has 5 aliphatic rings. The fraction of sp³-hybridized carbons (Fsp3) is 0.641. The highest BCUT2D eigenvalue weighted by molar-refractivity contribution is 7.91. The number of benzene rings is 1. The van der Waals surface area contributed by atoms with Crippen LogP contribution in [0.25, 0.3) is 11.0 Å². The van der Waals surface area contributed by atoms with Gasteiger partial charge in [0.15, 0.2) is 0 Å². The zero-order valence-electron chi connectivity index (χ0n) is 32.7. The summed E-state index contributed by atoms with van der Waals surface area (Å²) < 4.78 is 87.4. The number of sulfonamides is 1. The molecule has 316 valence electrons. The number of halogens is 3. The number of alkyl halides is 3. The number of nitrogens with one attached hydrogen (secondary N) is 3. The van der Waals surface area contributed by atoms with Crippen molar-refractivity contribution in [2.45, 2.75) is 126 Å². The van der Waals surface area contributed by atoms with Crippen LogP contribution in [0.15, 0.2) is 30.4 Å². The first-order chi connectivity index (χ1) is 27.4. The molecular formula is C39H49F3N6O9S. The lowest BCUT2D eigenvalue weighted by atomic mass is 9.65. The number of carbonyl (C=O) groups excluding carboxylic acids is 4. The number of nitrogens with zero attached hydrogens (tertiary/aromatic N) is 3. The molecule has 0 bridgehead atoms. The van der Waals surface area contributed by atoms with Crippen LogP contribution in [0.1, 0.15) is 96.6 Å². The lowest BCUT2D eigenvalue weighted by Crippen LogP contribution is -2.70. The first-order valence-corrected chi connectivity index (χ1v) is 21.2. The number of methoxy groups -OCH3 is 1. The second-order valence-electron chi connectivity index (χ2n) is 16.9. The van der Waals surface area contributed by atoms with E-state index in [1.165, 1.54) is 32.2 Å². The van der Waals surface area contributed by atoms with Crippen LogP contribution in [-0.2, 0) is 35.3 Å². The molecule has 58 heavy (non-hydrogen) atoms. The van der Waals surface area contributed by atoms with Crippen molar-refractivity contribution in [2.24, 2.45) is 11.3 Å². The van der Waals surface area contributed by atoms with Crippen LogP contribution >= 0.6 is 0 Å². The molecule has 3 aliphatic carbocycles. The molecule has 5 atom stereocenters.